The summed E-state index contributed by atoms with van der Waals surface area (Å²) in [5, 5.41) is 10.3. The summed E-state index contributed by atoms with van der Waals surface area (Å²) >= 11 is 0. The van der Waals surface area contributed by atoms with Crippen LogP contribution >= 0.6 is 0 Å². The summed E-state index contributed by atoms with van der Waals surface area (Å²) in [7, 11) is 0. The Hall–Kier alpha value is -1.16. The molecule has 0 bridgehead atoms. The van der Waals surface area contributed by atoms with Gasteiger partial charge in [0.25, 0.3) is 0 Å². The van der Waals surface area contributed by atoms with E-state index in [1.54, 1.807) is 0 Å². The van der Waals surface area contributed by atoms with E-state index in [0.717, 1.165) is 64.2 Å². The molecule has 2 atom stereocenters. The highest BCUT2D eigenvalue weighted by Gasteiger charge is 2.30. The molecular formula is C24H42O4. The second-order valence-electron chi connectivity index (χ2n) is 8.86. The van der Waals surface area contributed by atoms with E-state index in [4.69, 9.17) is 4.74 Å². The lowest BCUT2D eigenvalue weighted by atomic mass is 9.81. The maximum atomic E-state index is 12.6. The minimum Gasteiger partial charge on any atom is -0.466 e. The third-order valence-corrected chi connectivity index (χ3v) is 6.08. The Balaban J connectivity index is 2.39. The largest absolute Gasteiger partial charge is 0.466 e. The summed E-state index contributed by atoms with van der Waals surface area (Å²) in [5.74, 6) is 0.412. The van der Waals surface area contributed by atoms with E-state index in [-0.39, 0.29) is 23.4 Å². The summed E-state index contributed by atoms with van der Waals surface area (Å²) in [4.78, 5) is 23.9. The van der Waals surface area contributed by atoms with Gasteiger partial charge in [0, 0.05) is 24.2 Å². The molecular weight excluding hydrogens is 352 g/mol. The molecule has 0 aliphatic heterocycles. The average Bonchev–Trinajstić information content (AvgIpc) is 3.00. The van der Waals surface area contributed by atoms with Gasteiger partial charge in [-0.15, -0.1) is 0 Å². The van der Waals surface area contributed by atoms with Gasteiger partial charge in [-0.1, -0.05) is 64.5 Å². The molecule has 0 amide bonds. The van der Waals surface area contributed by atoms with Crippen LogP contribution in [0.5, 0.6) is 0 Å². The van der Waals surface area contributed by atoms with Crippen molar-refractivity contribution in [1.29, 1.82) is 0 Å². The van der Waals surface area contributed by atoms with Crippen LogP contribution in [0.15, 0.2) is 11.6 Å². The molecule has 1 rings (SSSR count). The van der Waals surface area contributed by atoms with Crippen LogP contribution in [-0.2, 0) is 14.3 Å². The number of rotatable bonds is 14. The summed E-state index contributed by atoms with van der Waals surface area (Å²) in [6.07, 6.45) is 12.7. The van der Waals surface area contributed by atoms with Gasteiger partial charge in [-0.25, -0.2) is 0 Å². The van der Waals surface area contributed by atoms with Crippen molar-refractivity contribution in [1.82, 2.24) is 0 Å². The molecule has 0 unspecified atom stereocenters. The van der Waals surface area contributed by atoms with Gasteiger partial charge in [-0.3, -0.25) is 9.59 Å². The van der Waals surface area contributed by atoms with E-state index >= 15 is 0 Å². The topological polar surface area (TPSA) is 63.6 Å². The van der Waals surface area contributed by atoms with Gasteiger partial charge in [0.1, 0.15) is 5.78 Å². The van der Waals surface area contributed by atoms with Gasteiger partial charge in [-0.05, 0) is 39.0 Å². The molecule has 1 aliphatic rings. The quantitative estimate of drug-likeness (QED) is 0.231. The highest BCUT2D eigenvalue weighted by molar-refractivity contribution is 5.85. The SMILES string of the molecule is CCCCC(C)(C)C(=O)CC=C1CC[C@H](O)[C@@H]1CCCCCCC(=O)OCC. The van der Waals surface area contributed by atoms with Crippen LogP contribution in [0.3, 0.4) is 0 Å². The van der Waals surface area contributed by atoms with Crippen molar-refractivity contribution in [2.75, 3.05) is 6.61 Å². The van der Waals surface area contributed by atoms with Crippen molar-refractivity contribution in [3.63, 3.8) is 0 Å². The molecule has 0 spiro atoms. The fraction of sp³-hybridized carbons (Fsp3) is 0.833. The highest BCUT2D eigenvalue weighted by Crippen LogP contribution is 2.36. The van der Waals surface area contributed by atoms with E-state index in [1.807, 2.05) is 6.92 Å². The standard InChI is InChI=1S/C24H42O4/c1-5-7-18-24(3,4)22(26)17-15-19-14-16-21(25)20(19)12-10-8-9-11-13-23(27)28-6-2/h15,20-21,25H,5-14,16-18H2,1-4H3/t20-,21+/m1/s1. The molecule has 1 aliphatic carbocycles. The lowest BCUT2D eigenvalue weighted by Crippen LogP contribution is -2.23. The zero-order valence-corrected chi connectivity index (χ0v) is 18.6. The molecule has 0 saturated heterocycles. The maximum Gasteiger partial charge on any atom is 0.305 e. The molecule has 4 heteroatoms. The smallest absolute Gasteiger partial charge is 0.305 e. The van der Waals surface area contributed by atoms with Crippen LogP contribution < -0.4 is 0 Å². The van der Waals surface area contributed by atoms with Gasteiger partial charge in [0.2, 0.25) is 0 Å². The van der Waals surface area contributed by atoms with Crippen LogP contribution in [0.25, 0.3) is 0 Å². The zero-order chi connectivity index (χ0) is 21.0. The number of ketones is 1. The number of carbonyl (C=O) groups is 2. The van der Waals surface area contributed by atoms with E-state index in [0.29, 0.717) is 25.2 Å². The minimum atomic E-state index is -0.269. The van der Waals surface area contributed by atoms with Gasteiger partial charge in [0.05, 0.1) is 12.7 Å². The number of hydrogen-bond donors (Lipinski definition) is 1. The zero-order valence-electron chi connectivity index (χ0n) is 18.6. The van der Waals surface area contributed by atoms with Crippen LogP contribution in [0.1, 0.15) is 105 Å². The third kappa shape index (κ3) is 8.89. The van der Waals surface area contributed by atoms with Crippen molar-refractivity contribution in [2.24, 2.45) is 11.3 Å². The molecule has 0 aromatic rings. The number of ether oxygens (including phenoxy) is 1. The van der Waals surface area contributed by atoms with E-state index in [1.165, 1.54) is 5.57 Å². The first-order valence-corrected chi connectivity index (χ1v) is 11.4. The average molecular weight is 395 g/mol. The Labute approximate surface area is 172 Å². The van der Waals surface area contributed by atoms with Crippen molar-refractivity contribution < 1.29 is 19.4 Å². The van der Waals surface area contributed by atoms with Crippen LogP contribution in [-0.4, -0.2) is 29.6 Å². The van der Waals surface area contributed by atoms with Crippen molar-refractivity contribution >= 4 is 11.8 Å². The minimum absolute atomic E-state index is 0.106. The Bertz CT molecular complexity index is 507. The van der Waals surface area contributed by atoms with E-state index < -0.39 is 0 Å². The summed E-state index contributed by atoms with van der Waals surface area (Å²) in [5.41, 5.74) is 1.03. The van der Waals surface area contributed by atoms with Gasteiger partial charge in [0.15, 0.2) is 0 Å². The monoisotopic (exact) mass is 394 g/mol. The molecule has 0 radical (unpaired) electrons. The molecule has 1 N–H and O–H groups in total. The number of allylic oxidation sites excluding steroid dienone is 1. The van der Waals surface area contributed by atoms with Crippen LogP contribution in [0.2, 0.25) is 0 Å². The van der Waals surface area contributed by atoms with Crippen molar-refractivity contribution in [2.45, 2.75) is 111 Å². The molecule has 162 valence electrons. The van der Waals surface area contributed by atoms with Crippen molar-refractivity contribution in [3.8, 4) is 0 Å². The Morgan fingerprint density at radius 1 is 1.14 bits per heavy atom. The Morgan fingerprint density at radius 3 is 2.54 bits per heavy atom. The van der Waals surface area contributed by atoms with Crippen molar-refractivity contribution in [3.05, 3.63) is 11.6 Å². The summed E-state index contributed by atoms with van der Waals surface area (Å²) in [6.45, 7) is 8.55. The normalized spacial score (nSPS) is 21.2. The Kier molecular flexibility index (Phi) is 11.7. The molecule has 1 fully saturated rings. The predicted octanol–water partition coefficient (Wildman–Crippen LogP) is 5.76. The fourth-order valence-electron chi connectivity index (χ4n) is 4.06. The second-order valence-corrected chi connectivity index (χ2v) is 8.86. The number of esters is 1. The van der Waals surface area contributed by atoms with Crippen LogP contribution in [0.4, 0.5) is 0 Å². The lowest BCUT2D eigenvalue weighted by molar-refractivity contribution is -0.143. The molecule has 0 aromatic carbocycles. The number of carbonyl (C=O) groups excluding carboxylic acids is 2. The predicted molar refractivity (Wildman–Crippen MR) is 114 cm³/mol. The first-order chi connectivity index (χ1) is 13.3. The van der Waals surface area contributed by atoms with Crippen LogP contribution in [0, 0.1) is 11.3 Å². The molecule has 0 aromatic heterocycles. The Morgan fingerprint density at radius 2 is 1.86 bits per heavy atom. The number of unbranched alkanes of at least 4 members (excludes halogenated alkanes) is 4. The molecule has 4 nitrogen and oxygen atoms in total. The fourth-order valence-corrected chi connectivity index (χ4v) is 4.06. The maximum absolute atomic E-state index is 12.6. The van der Waals surface area contributed by atoms with E-state index in [9.17, 15) is 14.7 Å². The summed E-state index contributed by atoms with van der Waals surface area (Å²) in [6, 6.07) is 0. The molecule has 0 heterocycles. The third-order valence-electron chi connectivity index (χ3n) is 6.08. The van der Waals surface area contributed by atoms with Gasteiger partial charge >= 0.3 is 5.97 Å². The highest BCUT2D eigenvalue weighted by atomic mass is 16.5. The number of aliphatic hydroxyl groups excluding tert-OH is 1. The van der Waals surface area contributed by atoms with E-state index in [2.05, 4.69) is 26.8 Å². The number of Topliss-reactive ketones (excluding diaryl/α,β-unsaturated/α-hetero) is 1. The number of aliphatic hydroxyl groups is 1. The van der Waals surface area contributed by atoms with Gasteiger partial charge < -0.3 is 9.84 Å². The summed E-state index contributed by atoms with van der Waals surface area (Å²) < 4.78 is 4.94. The molecule has 28 heavy (non-hydrogen) atoms. The van der Waals surface area contributed by atoms with Gasteiger partial charge in [-0.2, -0.15) is 0 Å². The first-order valence-electron chi connectivity index (χ1n) is 11.4. The first kappa shape index (κ1) is 24.9. The molecule has 1 saturated carbocycles. The number of hydrogen-bond acceptors (Lipinski definition) is 4. The lowest BCUT2D eigenvalue weighted by Gasteiger charge is -2.22. The second kappa shape index (κ2) is 13.1.